The SMILES string of the molecule is CC1CC(NC(=O)c2cn(-c3ccc4c(c3)CN(C3CCC(=O)NC3=O)C4=O)nn2)c2ccccc21. The van der Waals surface area contributed by atoms with E-state index in [0.29, 0.717) is 23.6 Å². The first-order valence-electron chi connectivity index (χ1n) is 12.0. The van der Waals surface area contributed by atoms with E-state index in [2.05, 4.69) is 33.9 Å². The van der Waals surface area contributed by atoms with Crippen LogP contribution < -0.4 is 10.6 Å². The Kier molecular flexibility index (Phi) is 5.17. The number of rotatable bonds is 4. The van der Waals surface area contributed by atoms with Gasteiger partial charge in [0, 0.05) is 18.5 Å². The van der Waals surface area contributed by atoms with Crippen molar-refractivity contribution in [2.24, 2.45) is 0 Å². The highest BCUT2D eigenvalue weighted by molar-refractivity contribution is 6.05. The maximum Gasteiger partial charge on any atom is 0.273 e. The third kappa shape index (κ3) is 3.65. The quantitative estimate of drug-likeness (QED) is 0.546. The van der Waals surface area contributed by atoms with Gasteiger partial charge < -0.3 is 10.2 Å². The summed E-state index contributed by atoms with van der Waals surface area (Å²) in [5, 5.41) is 13.6. The zero-order chi connectivity index (χ0) is 25.0. The molecule has 3 aromatic rings. The molecule has 4 amide bonds. The van der Waals surface area contributed by atoms with Crippen LogP contribution in [0.5, 0.6) is 0 Å². The largest absolute Gasteiger partial charge is 0.344 e. The van der Waals surface area contributed by atoms with E-state index >= 15 is 0 Å². The fourth-order valence-electron chi connectivity index (χ4n) is 5.45. The van der Waals surface area contributed by atoms with Gasteiger partial charge in [0.1, 0.15) is 6.04 Å². The number of nitrogens with zero attached hydrogens (tertiary/aromatic N) is 4. The van der Waals surface area contributed by atoms with Crippen molar-refractivity contribution in [2.75, 3.05) is 0 Å². The van der Waals surface area contributed by atoms with Crippen molar-refractivity contribution >= 4 is 23.6 Å². The summed E-state index contributed by atoms with van der Waals surface area (Å²) in [4.78, 5) is 51.1. The smallest absolute Gasteiger partial charge is 0.273 e. The van der Waals surface area contributed by atoms with Crippen LogP contribution >= 0.6 is 0 Å². The van der Waals surface area contributed by atoms with Crippen LogP contribution in [0.25, 0.3) is 5.69 Å². The van der Waals surface area contributed by atoms with Crippen LogP contribution in [-0.2, 0) is 16.1 Å². The third-order valence-corrected chi connectivity index (χ3v) is 7.29. The third-order valence-electron chi connectivity index (χ3n) is 7.29. The summed E-state index contributed by atoms with van der Waals surface area (Å²) in [5.41, 5.74) is 4.50. The summed E-state index contributed by atoms with van der Waals surface area (Å²) in [5.74, 6) is -0.929. The van der Waals surface area contributed by atoms with Crippen molar-refractivity contribution < 1.29 is 19.2 Å². The molecule has 6 rings (SSSR count). The highest BCUT2D eigenvalue weighted by atomic mass is 16.2. The summed E-state index contributed by atoms with van der Waals surface area (Å²) in [6.07, 6.45) is 2.91. The van der Waals surface area contributed by atoms with Gasteiger partial charge in [-0.3, -0.25) is 24.5 Å². The second kappa shape index (κ2) is 8.40. The van der Waals surface area contributed by atoms with Crippen LogP contribution in [0, 0.1) is 0 Å². The van der Waals surface area contributed by atoms with Crippen LogP contribution in [-0.4, -0.2) is 49.6 Å². The summed E-state index contributed by atoms with van der Waals surface area (Å²) < 4.78 is 1.50. The van der Waals surface area contributed by atoms with Gasteiger partial charge in [-0.15, -0.1) is 5.10 Å². The standard InChI is InChI=1S/C26H24N6O4/c1-14-10-20(19-5-3-2-4-17(14)19)27-24(34)21-13-32(30-29-21)16-6-7-18-15(11-16)12-31(26(18)36)22-8-9-23(33)28-25(22)35/h2-7,11,13-14,20,22H,8-10,12H2,1H3,(H,27,34)(H,28,33,35). The number of carbonyl (C=O) groups excluding carboxylic acids is 4. The van der Waals surface area contributed by atoms with E-state index < -0.39 is 11.9 Å². The average molecular weight is 485 g/mol. The summed E-state index contributed by atoms with van der Waals surface area (Å²) in [7, 11) is 0. The predicted molar refractivity (Wildman–Crippen MR) is 127 cm³/mol. The molecule has 2 N–H and O–H groups in total. The van der Waals surface area contributed by atoms with Gasteiger partial charge in [-0.25, -0.2) is 4.68 Å². The molecule has 2 aliphatic heterocycles. The molecule has 3 atom stereocenters. The first-order valence-corrected chi connectivity index (χ1v) is 12.0. The lowest BCUT2D eigenvalue weighted by Crippen LogP contribution is -2.52. The fourth-order valence-corrected chi connectivity index (χ4v) is 5.45. The van der Waals surface area contributed by atoms with Gasteiger partial charge in [-0.1, -0.05) is 36.4 Å². The predicted octanol–water partition coefficient (Wildman–Crippen LogP) is 2.01. The average Bonchev–Trinajstić information content (AvgIpc) is 3.56. The molecular weight excluding hydrogens is 460 g/mol. The Hall–Kier alpha value is -4.34. The van der Waals surface area contributed by atoms with Gasteiger partial charge in [0.15, 0.2) is 5.69 Å². The number of hydrogen-bond acceptors (Lipinski definition) is 6. The number of benzene rings is 2. The summed E-state index contributed by atoms with van der Waals surface area (Å²) >= 11 is 0. The molecule has 0 radical (unpaired) electrons. The van der Waals surface area contributed by atoms with E-state index in [0.717, 1.165) is 17.5 Å². The highest BCUT2D eigenvalue weighted by Crippen LogP contribution is 2.39. The van der Waals surface area contributed by atoms with E-state index in [4.69, 9.17) is 0 Å². The Labute approximate surface area is 206 Å². The lowest BCUT2D eigenvalue weighted by atomic mass is 10.0. The van der Waals surface area contributed by atoms with Crippen LogP contribution in [0.2, 0.25) is 0 Å². The molecule has 3 heterocycles. The lowest BCUT2D eigenvalue weighted by Gasteiger charge is -2.29. The molecule has 1 fully saturated rings. The van der Waals surface area contributed by atoms with Crippen LogP contribution in [0.4, 0.5) is 0 Å². The molecule has 10 nitrogen and oxygen atoms in total. The molecule has 0 spiro atoms. The molecule has 2 aromatic carbocycles. The minimum atomic E-state index is -0.670. The second-order valence-corrected chi connectivity index (χ2v) is 9.58. The number of carbonyl (C=O) groups is 4. The van der Waals surface area contributed by atoms with Crippen molar-refractivity contribution in [3.63, 3.8) is 0 Å². The Morgan fingerprint density at radius 1 is 1.11 bits per heavy atom. The first-order chi connectivity index (χ1) is 17.4. The van der Waals surface area contributed by atoms with Crippen LogP contribution in [0.15, 0.2) is 48.7 Å². The number of piperidine rings is 1. The highest BCUT2D eigenvalue weighted by Gasteiger charge is 2.39. The van der Waals surface area contributed by atoms with Crippen molar-refractivity contribution in [1.29, 1.82) is 0 Å². The topological polar surface area (TPSA) is 126 Å². The zero-order valence-electron chi connectivity index (χ0n) is 19.6. The number of fused-ring (bicyclic) bond motifs is 2. The van der Waals surface area contributed by atoms with Gasteiger partial charge in [0.05, 0.1) is 17.9 Å². The number of imide groups is 1. The Balaban J connectivity index is 1.18. The maximum absolute atomic E-state index is 12.9. The first kappa shape index (κ1) is 22.1. The maximum atomic E-state index is 12.9. The second-order valence-electron chi connectivity index (χ2n) is 9.58. The normalized spacial score (nSPS) is 22.9. The molecule has 1 aromatic heterocycles. The lowest BCUT2D eigenvalue weighted by molar-refractivity contribution is -0.136. The number of amides is 4. The molecule has 0 bridgehead atoms. The summed E-state index contributed by atoms with van der Waals surface area (Å²) in [6.45, 7) is 2.41. The minimum absolute atomic E-state index is 0.0712. The molecule has 0 saturated carbocycles. The van der Waals surface area contributed by atoms with E-state index in [1.807, 2.05) is 24.3 Å². The number of hydrogen-bond donors (Lipinski definition) is 2. The monoisotopic (exact) mass is 484 g/mol. The van der Waals surface area contributed by atoms with Gasteiger partial charge in [-0.05, 0) is 53.6 Å². The van der Waals surface area contributed by atoms with Crippen molar-refractivity contribution in [3.8, 4) is 5.69 Å². The number of aromatic nitrogens is 3. The van der Waals surface area contributed by atoms with E-state index in [-0.39, 0.29) is 42.4 Å². The molecule has 3 aliphatic rings. The van der Waals surface area contributed by atoms with Crippen LogP contribution in [0.3, 0.4) is 0 Å². The van der Waals surface area contributed by atoms with Crippen molar-refractivity contribution in [2.45, 2.75) is 50.7 Å². The zero-order valence-corrected chi connectivity index (χ0v) is 19.6. The Morgan fingerprint density at radius 2 is 1.92 bits per heavy atom. The molecule has 36 heavy (non-hydrogen) atoms. The van der Waals surface area contributed by atoms with Gasteiger partial charge in [-0.2, -0.15) is 0 Å². The molecule has 10 heteroatoms. The molecule has 182 valence electrons. The molecular formula is C26H24N6O4. The molecule has 3 unspecified atom stereocenters. The molecule has 1 saturated heterocycles. The Bertz CT molecular complexity index is 1430. The van der Waals surface area contributed by atoms with Gasteiger partial charge >= 0.3 is 0 Å². The van der Waals surface area contributed by atoms with Crippen molar-refractivity contribution in [1.82, 2.24) is 30.5 Å². The fraction of sp³-hybridized carbons (Fsp3) is 0.308. The van der Waals surface area contributed by atoms with Gasteiger partial charge in [0.25, 0.3) is 11.8 Å². The van der Waals surface area contributed by atoms with E-state index in [1.54, 1.807) is 18.3 Å². The van der Waals surface area contributed by atoms with Crippen molar-refractivity contribution in [3.05, 3.63) is 76.6 Å². The number of nitrogens with one attached hydrogen (secondary N) is 2. The minimum Gasteiger partial charge on any atom is -0.344 e. The van der Waals surface area contributed by atoms with E-state index in [1.165, 1.54) is 15.1 Å². The molecule has 1 aliphatic carbocycles. The van der Waals surface area contributed by atoms with Crippen LogP contribution in [0.1, 0.15) is 75.7 Å². The summed E-state index contributed by atoms with van der Waals surface area (Å²) in [6, 6.07) is 12.6. The Morgan fingerprint density at radius 3 is 2.72 bits per heavy atom. The van der Waals surface area contributed by atoms with E-state index in [9.17, 15) is 19.2 Å². The van der Waals surface area contributed by atoms with Gasteiger partial charge in [0.2, 0.25) is 11.8 Å².